The number of halogens is 1. The van der Waals surface area contributed by atoms with Crippen LogP contribution in [0.25, 0.3) is 0 Å². The number of para-hydroxylation sites is 1. The maximum Gasteiger partial charge on any atom is 0.264 e. The molecule has 0 aromatic heterocycles. The predicted octanol–water partition coefficient (Wildman–Crippen LogP) is 5.03. The third-order valence-corrected chi connectivity index (χ3v) is 8.16. The van der Waals surface area contributed by atoms with Crippen molar-refractivity contribution in [3.05, 3.63) is 88.4 Å². The Hall–Kier alpha value is -3.36. The van der Waals surface area contributed by atoms with E-state index in [1.165, 1.54) is 12.1 Å². The van der Waals surface area contributed by atoms with Crippen molar-refractivity contribution < 1.29 is 18.0 Å². The van der Waals surface area contributed by atoms with Gasteiger partial charge in [0.1, 0.15) is 6.54 Å². The Balaban J connectivity index is 1.65. The molecule has 1 heterocycles. The van der Waals surface area contributed by atoms with Gasteiger partial charge in [-0.3, -0.25) is 13.9 Å². The molecule has 1 aliphatic heterocycles. The van der Waals surface area contributed by atoms with Crippen molar-refractivity contribution in [3.63, 3.8) is 0 Å². The number of amides is 2. The van der Waals surface area contributed by atoms with Crippen LogP contribution in [0.3, 0.4) is 0 Å². The normalized spacial score (nSPS) is 13.5. The summed E-state index contributed by atoms with van der Waals surface area (Å²) in [5.41, 5.74) is 2.59. The minimum Gasteiger partial charge on any atom is -0.339 e. The molecule has 36 heavy (non-hydrogen) atoms. The minimum absolute atomic E-state index is 0.0693. The number of anilines is 2. The number of nitrogens with zero attached hydrogens (tertiary/aromatic N) is 2. The summed E-state index contributed by atoms with van der Waals surface area (Å²) in [4.78, 5) is 28.1. The Bertz CT molecular complexity index is 1380. The number of hydrogen-bond acceptors (Lipinski definition) is 4. The number of nitrogens with one attached hydrogen (secondary N) is 1. The second kappa shape index (κ2) is 10.7. The van der Waals surface area contributed by atoms with E-state index in [0.717, 1.165) is 22.7 Å². The first-order valence-electron chi connectivity index (χ1n) is 11.7. The van der Waals surface area contributed by atoms with E-state index in [4.69, 9.17) is 11.6 Å². The average Bonchev–Trinajstić information content (AvgIpc) is 3.38. The Morgan fingerprint density at radius 1 is 0.972 bits per heavy atom. The van der Waals surface area contributed by atoms with E-state index < -0.39 is 22.5 Å². The number of benzene rings is 3. The quantitative estimate of drug-likeness (QED) is 0.469. The van der Waals surface area contributed by atoms with Crippen LogP contribution in [0.4, 0.5) is 11.4 Å². The van der Waals surface area contributed by atoms with E-state index in [1.807, 2.05) is 6.92 Å². The Kier molecular flexibility index (Phi) is 7.66. The van der Waals surface area contributed by atoms with Crippen LogP contribution in [0, 0.1) is 13.8 Å². The van der Waals surface area contributed by atoms with Crippen LogP contribution in [0.5, 0.6) is 0 Å². The highest BCUT2D eigenvalue weighted by Crippen LogP contribution is 2.29. The summed E-state index contributed by atoms with van der Waals surface area (Å²) in [6.45, 7) is 4.48. The molecule has 1 N–H and O–H groups in total. The van der Waals surface area contributed by atoms with Gasteiger partial charge in [0.05, 0.1) is 21.8 Å². The van der Waals surface area contributed by atoms with Crippen LogP contribution in [0.2, 0.25) is 5.02 Å². The lowest BCUT2D eigenvalue weighted by atomic mass is 10.1. The summed E-state index contributed by atoms with van der Waals surface area (Å²) < 4.78 is 28.4. The Labute approximate surface area is 216 Å². The minimum atomic E-state index is -4.08. The summed E-state index contributed by atoms with van der Waals surface area (Å²) in [7, 11) is -4.08. The standard InChI is InChI=1S/C27H28ClN3O4S/c1-19-9-12-22(13-10-19)36(34,35)31(25-14-11-21(28)17-20(25)2)18-26(32)29-24-8-4-3-7-23(24)27(33)30-15-5-6-16-30/h3-4,7-14,17H,5-6,15-16,18H2,1-2H3,(H,29,32). The zero-order valence-electron chi connectivity index (χ0n) is 20.2. The number of aryl methyl sites for hydroxylation is 2. The topological polar surface area (TPSA) is 86.8 Å². The van der Waals surface area contributed by atoms with Gasteiger partial charge in [-0.15, -0.1) is 0 Å². The molecule has 2 amide bonds. The van der Waals surface area contributed by atoms with E-state index in [0.29, 0.717) is 40.6 Å². The zero-order valence-corrected chi connectivity index (χ0v) is 21.8. The number of sulfonamides is 1. The van der Waals surface area contributed by atoms with Gasteiger partial charge in [-0.05, 0) is 74.7 Å². The van der Waals surface area contributed by atoms with Crippen LogP contribution < -0.4 is 9.62 Å². The van der Waals surface area contributed by atoms with Crippen LogP contribution in [0.1, 0.15) is 34.3 Å². The summed E-state index contributed by atoms with van der Waals surface area (Å²) in [5, 5.41) is 3.22. The van der Waals surface area contributed by atoms with Crippen molar-refractivity contribution >= 4 is 44.8 Å². The smallest absolute Gasteiger partial charge is 0.264 e. The molecule has 0 saturated carbocycles. The fraction of sp³-hybridized carbons (Fsp3) is 0.259. The van der Waals surface area contributed by atoms with Gasteiger partial charge < -0.3 is 10.2 Å². The third-order valence-electron chi connectivity index (χ3n) is 6.15. The molecule has 7 nitrogen and oxygen atoms in total. The summed E-state index contributed by atoms with van der Waals surface area (Å²) in [5.74, 6) is -0.720. The van der Waals surface area contributed by atoms with Gasteiger partial charge in [0, 0.05) is 18.1 Å². The fourth-order valence-electron chi connectivity index (χ4n) is 4.23. The SMILES string of the molecule is Cc1ccc(S(=O)(=O)N(CC(=O)Nc2ccccc2C(=O)N2CCCC2)c2ccc(Cl)cc2C)cc1. The van der Waals surface area contributed by atoms with Gasteiger partial charge >= 0.3 is 0 Å². The molecule has 188 valence electrons. The Morgan fingerprint density at radius 3 is 2.31 bits per heavy atom. The molecular formula is C27H28ClN3O4S. The number of likely N-dealkylation sites (tertiary alicyclic amines) is 1. The largest absolute Gasteiger partial charge is 0.339 e. The molecule has 0 bridgehead atoms. The van der Waals surface area contributed by atoms with Gasteiger partial charge in [0.25, 0.3) is 15.9 Å². The second-order valence-corrected chi connectivity index (χ2v) is 11.1. The second-order valence-electron chi connectivity index (χ2n) is 8.85. The summed E-state index contributed by atoms with van der Waals surface area (Å²) >= 11 is 6.10. The highest BCUT2D eigenvalue weighted by Gasteiger charge is 2.29. The van der Waals surface area contributed by atoms with Gasteiger partial charge in [-0.1, -0.05) is 41.4 Å². The molecule has 0 aliphatic carbocycles. The lowest BCUT2D eigenvalue weighted by molar-refractivity contribution is -0.114. The molecule has 1 saturated heterocycles. The Morgan fingerprint density at radius 2 is 1.64 bits per heavy atom. The molecule has 0 spiro atoms. The van der Waals surface area contributed by atoms with Crippen molar-refractivity contribution in [3.8, 4) is 0 Å². The molecule has 1 fully saturated rings. The van der Waals surface area contributed by atoms with E-state index in [-0.39, 0.29) is 10.8 Å². The number of rotatable bonds is 7. The molecule has 3 aromatic carbocycles. The average molecular weight is 526 g/mol. The maximum absolute atomic E-state index is 13.7. The molecule has 0 atom stereocenters. The first-order chi connectivity index (χ1) is 17.2. The van der Waals surface area contributed by atoms with Crippen molar-refractivity contribution in [2.24, 2.45) is 0 Å². The lowest BCUT2D eigenvalue weighted by Gasteiger charge is -2.26. The van der Waals surface area contributed by atoms with E-state index in [1.54, 1.807) is 66.4 Å². The molecular weight excluding hydrogens is 498 g/mol. The van der Waals surface area contributed by atoms with E-state index in [2.05, 4.69) is 5.32 Å². The van der Waals surface area contributed by atoms with Gasteiger partial charge in [-0.2, -0.15) is 0 Å². The monoisotopic (exact) mass is 525 g/mol. The highest BCUT2D eigenvalue weighted by atomic mass is 35.5. The number of carbonyl (C=O) groups excluding carboxylic acids is 2. The fourth-order valence-corrected chi connectivity index (χ4v) is 5.94. The molecule has 0 radical (unpaired) electrons. The van der Waals surface area contributed by atoms with E-state index in [9.17, 15) is 18.0 Å². The lowest BCUT2D eigenvalue weighted by Crippen LogP contribution is -2.39. The first-order valence-corrected chi connectivity index (χ1v) is 13.5. The van der Waals surface area contributed by atoms with Gasteiger partial charge in [-0.25, -0.2) is 8.42 Å². The van der Waals surface area contributed by atoms with E-state index >= 15 is 0 Å². The molecule has 1 aliphatic rings. The predicted molar refractivity (Wildman–Crippen MR) is 142 cm³/mol. The first kappa shape index (κ1) is 25.7. The van der Waals surface area contributed by atoms with Crippen molar-refractivity contribution in [2.45, 2.75) is 31.6 Å². The third kappa shape index (κ3) is 5.55. The summed E-state index contributed by atoms with van der Waals surface area (Å²) in [6.07, 6.45) is 1.90. The molecule has 3 aromatic rings. The van der Waals surface area contributed by atoms with Crippen molar-refractivity contribution in [1.82, 2.24) is 4.90 Å². The van der Waals surface area contributed by atoms with Crippen LogP contribution in [0.15, 0.2) is 71.6 Å². The van der Waals surface area contributed by atoms with Crippen molar-refractivity contribution in [1.29, 1.82) is 0 Å². The molecule has 9 heteroatoms. The van der Waals surface area contributed by atoms with Gasteiger partial charge in [0.2, 0.25) is 5.91 Å². The van der Waals surface area contributed by atoms with Crippen LogP contribution in [-0.4, -0.2) is 44.8 Å². The number of hydrogen-bond donors (Lipinski definition) is 1. The van der Waals surface area contributed by atoms with Crippen molar-refractivity contribution in [2.75, 3.05) is 29.3 Å². The van der Waals surface area contributed by atoms with Crippen LogP contribution in [-0.2, 0) is 14.8 Å². The van der Waals surface area contributed by atoms with Crippen LogP contribution >= 0.6 is 11.6 Å². The number of carbonyl (C=O) groups is 2. The highest BCUT2D eigenvalue weighted by molar-refractivity contribution is 7.92. The summed E-state index contributed by atoms with van der Waals surface area (Å²) in [6, 6.07) is 18.1. The van der Waals surface area contributed by atoms with Gasteiger partial charge in [0.15, 0.2) is 0 Å². The maximum atomic E-state index is 13.7. The molecule has 0 unspecified atom stereocenters. The zero-order chi connectivity index (χ0) is 25.9. The molecule has 4 rings (SSSR count).